The largest absolute Gasteiger partial charge is 0.451 e. The number of furan rings is 1. The third-order valence-electron chi connectivity index (χ3n) is 3.67. The summed E-state index contributed by atoms with van der Waals surface area (Å²) in [7, 11) is 0. The zero-order valence-electron chi connectivity index (χ0n) is 12.2. The third kappa shape index (κ3) is 3.07. The molecule has 0 atom stereocenters. The van der Waals surface area contributed by atoms with E-state index < -0.39 is 0 Å². The second-order valence-electron chi connectivity index (χ2n) is 5.19. The summed E-state index contributed by atoms with van der Waals surface area (Å²) in [6, 6.07) is 15.6. The Bertz CT molecular complexity index is 823. The predicted molar refractivity (Wildman–Crippen MR) is 91.1 cm³/mol. The van der Waals surface area contributed by atoms with Gasteiger partial charge in [-0.3, -0.25) is 4.79 Å². The maximum atomic E-state index is 12.2. The second-order valence-corrected chi connectivity index (χ2v) is 6.05. The van der Waals surface area contributed by atoms with Crippen LogP contribution in [0.1, 0.15) is 21.7 Å². The maximum Gasteiger partial charge on any atom is 0.287 e. The standard InChI is InChI=1S/C18H16BrNO2/c1-12-5-2-3-6-13(12)9-10-20-18(21)17-11-14-15(19)7-4-8-16(14)22-17/h2-8,11H,9-10H2,1H3,(H,20,21). The fourth-order valence-electron chi connectivity index (χ4n) is 2.43. The van der Waals surface area contributed by atoms with Crippen LogP contribution in [0.5, 0.6) is 0 Å². The van der Waals surface area contributed by atoms with Gasteiger partial charge in [0.25, 0.3) is 5.91 Å². The van der Waals surface area contributed by atoms with Crippen molar-refractivity contribution in [2.75, 3.05) is 6.54 Å². The summed E-state index contributed by atoms with van der Waals surface area (Å²) in [6.07, 6.45) is 0.808. The minimum absolute atomic E-state index is 0.184. The lowest BCUT2D eigenvalue weighted by Crippen LogP contribution is -2.25. The minimum atomic E-state index is -0.184. The van der Waals surface area contributed by atoms with Gasteiger partial charge in [-0.2, -0.15) is 0 Å². The monoisotopic (exact) mass is 357 g/mol. The first-order valence-electron chi connectivity index (χ1n) is 7.16. The number of carbonyl (C=O) groups excluding carboxylic acids is 1. The van der Waals surface area contributed by atoms with Crippen molar-refractivity contribution in [2.45, 2.75) is 13.3 Å². The van der Waals surface area contributed by atoms with Crippen molar-refractivity contribution < 1.29 is 9.21 Å². The summed E-state index contributed by atoms with van der Waals surface area (Å²) < 4.78 is 6.52. The number of aryl methyl sites for hydroxylation is 1. The van der Waals surface area contributed by atoms with Gasteiger partial charge >= 0.3 is 0 Å². The molecule has 0 saturated heterocycles. The van der Waals surface area contributed by atoms with Crippen LogP contribution in [0, 0.1) is 6.92 Å². The molecule has 4 heteroatoms. The van der Waals surface area contributed by atoms with Gasteiger partial charge in [0.15, 0.2) is 5.76 Å². The number of rotatable bonds is 4. The predicted octanol–water partition coefficient (Wildman–Crippen LogP) is 4.48. The lowest BCUT2D eigenvalue weighted by atomic mass is 10.1. The van der Waals surface area contributed by atoms with Crippen molar-refractivity contribution in [3.8, 4) is 0 Å². The Hall–Kier alpha value is -2.07. The van der Waals surface area contributed by atoms with Crippen LogP contribution < -0.4 is 5.32 Å². The average Bonchev–Trinajstić information content (AvgIpc) is 2.95. The molecule has 1 heterocycles. The zero-order chi connectivity index (χ0) is 15.5. The number of benzene rings is 2. The van der Waals surface area contributed by atoms with Crippen LogP contribution >= 0.6 is 15.9 Å². The molecule has 22 heavy (non-hydrogen) atoms. The number of nitrogens with one attached hydrogen (secondary N) is 1. The molecule has 0 unspecified atom stereocenters. The Labute approximate surface area is 137 Å². The number of hydrogen-bond donors (Lipinski definition) is 1. The molecule has 1 amide bonds. The molecular formula is C18H16BrNO2. The van der Waals surface area contributed by atoms with E-state index >= 15 is 0 Å². The van der Waals surface area contributed by atoms with Crippen LogP contribution in [0.4, 0.5) is 0 Å². The molecule has 0 spiro atoms. The van der Waals surface area contributed by atoms with Gasteiger partial charge in [-0.1, -0.05) is 46.3 Å². The van der Waals surface area contributed by atoms with E-state index in [1.165, 1.54) is 11.1 Å². The quantitative estimate of drug-likeness (QED) is 0.747. The smallest absolute Gasteiger partial charge is 0.287 e. The normalized spacial score (nSPS) is 10.8. The highest BCUT2D eigenvalue weighted by Crippen LogP contribution is 2.26. The van der Waals surface area contributed by atoms with E-state index in [4.69, 9.17) is 4.42 Å². The molecule has 0 bridgehead atoms. The molecule has 0 aliphatic heterocycles. The Morgan fingerprint density at radius 2 is 2.00 bits per heavy atom. The molecule has 0 aliphatic rings. The summed E-state index contributed by atoms with van der Waals surface area (Å²) in [5.74, 6) is 0.156. The highest BCUT2D eigenvalue weighted by Gasteiger charge is 2.13. The molecule has 0 aliphatic carbocycles. The minimum Gasteiger partial charge on any atom is -0.451 e. The fourth-order valence-corrected chi connectivity index (χ4v) is 2.89. The average molecular weight is 358 g/mol. The molecule has 1 N–H and O–H groups in total. The molecule has 3 nitrogen and oxygen atoms in total. The molecule has 3 aromatic rings. The van der Waals surface area contributed by atoms with E-state index in [-0.39, 0.29) is 5.91 Å². The topological polar surface area (TPSA) is 42.2 Å². The van der Waals surface area contributed by atoms with E-state index in [0.29, 0.717) is 17.9 Å². The first kappa shape index (κ1) is 14.9. The van der Waals surface area contributed by atoms with Crippen molar-refractivity contribution in [2.24, 2.45) is 0 Å². The number of carbonyl (C=O) groups is 1. The Morgan fingerprint density at radius 3 is 2.77 bits per heavy atom. The van der Waals surface area contributed by atoms with Crippen LogP contribution in [-0.2, 0) is 6.42 Å². The molecule has 0 saturated carbocycles. The summed E-state index contributed by atoms with van der Waals surface area (Å²) in [5.41, 5.74) is 3.19. The molecule has 2 aromatic carbocycles. The van der Waals surface area contributed by atoms with Gasteiger partial charge < -0.3 is 9.73 Å². The van der Waals surface area contributed by atoms with Gasteiger partial charge in [-0.25, -0.2) is 0 Å². The van der Waals surface area contributed by atoms with Crippen LogP contribution in [0.3, 0.4) is 0 Å². The summed E-state index contributed by atoms with van der Waals surface area (Å²) in [5, 5.41) is 3.82. The highest BCUT2D eigenvalue weighted by molar-refractivity contribution is 9.10. The zero-order valence-corrected chi connectivity index (χ0v) is 13.8. The molecule has 1 aromatic heterocycles. The Kier molecular flexibility index (Phi) is 4.29. The van der Waals surface area contributed by atoms with Crippen LogP contribution in [0.2, 0.25) is 0 Å². The Morgan fingerprint density at radius 1 is 1.18 bits per heavy atom. The molecule has 3 rings (SSSR count). The van der Waals surface area contributed by atoms with Gasteiger partial charge in [0.05, 0.1) is 0 Å². The Balaban J connectivity index is 1.66. The molecule has 112 valence electrons. The second kappa shape index (κ2) is 6.36. The van der Waals surface area contributed by atoms with Gasteiger partial charge in [0, 0.05) is 16.4 Å². The number of amides is 1. The third-order valence-corrected chi connectivity index (χ3v) is 4.36. The van der Waals surface area contributed by atoms with Crippen molar-refractivity contribution in [3.05, 3.63) is 69.9 Å². The van der Waals surface area contributed by atoms with Crippen LogP contribution in [-0.4, -0.2) is 12.5 Å². The van der Waals surface area contributed by atoms with E-state index in [1.54, 1.807) is 6.07 Å². The first-order chi connectivity index (χ1) is 10.6. The fraction of sp³-hybridized carbons (Fsp3) is 0.167. The maximum absolute atomic E-state index is 12.2. The number of fused-ring (bicyclic) bond motifs is 1. The summed E-state index contributed by atoms with van der Waals surface area (Å²) in [6.45, 7) is 2.66. The number of hydrogen-bond acceptors (Lipinski definition) is 2. The van der Waals surface area contributed by atoms with Gasteiger partial charge in [-0.15, -0.1) is 0 Å². The van der Waals surface area contributed by atoms with Gasteiger partial charge in [0.1, 0.15) is 5.58 Å². The van der Waals surface area contributed by atoms with Crippen molar-refractivity contribution in [3.63, 3.8) is 0 Å². The summed E-state index contributed by atoms with van der Waals surface area (Å²) >= 11 is 3.46. The van der Waals surface area contributed by atoms with Crippen molar-refractivity contribution in [1.82, 2.24) is 5.32 Å². The van der Waals surface area contributed by atoms with E-state index in [9.17, 15) is 4.79 Å². The highest BCUT2D eigenvalue weighted by atomic mass is 79.9. The first-order valence-corrected chi connectivity index (χ1v) is 7.95. The van der Waals surface area contributed by atoms with Gasteiger partial charge in [0.2, 0.25) is 0 Å². The summed E-state index contributed by atoms with van der Waals surface area (Å²) in [4.78, 5) is 12.2. The SMILES string of the molecule is Cc1ccccc1CCNC(=O)c1cc2c(Br)cccc2o1. The lowest BCUT2D eigenvalue weighted by Gasteiger charge is -2.06. The van der Waals surface area contributed by atoms with Crippen molar-refractivity contribution in [1.29, 1.82) is 0 Å². The van der Waals surface area contributed by atoms with E-state index in [1.807, 2.05) is 30.3 Å². The number of halogens is 1. The lowest BCUT2D eigenvalue weighted by molar-refractivity contribution is 0.0928. The van der Waals surface area contributed by atoms with Crippen LogP contribution in [0.25, 0.3) is 11.0 Å². The molecular weight excluding hydrogens is 342 g/mol. The van der Waals surface area contributed by atoms with E-state index in [0.717, 1.165) is 16.3 Å². The van der Waals surface area contributed by atoms with Crippen LogP contribution in [0.15, 0.2) is 57.4 Å². The van der Waals surface area contributed by atoms with Crippen molar-refractivity contribution >= 4 is 32.8 Å². The van der Waals surface area contributed by atoms with E-state index in [2.05, 4.69) is 40.3 Å². The molecule has 0 radical (unpaired) electrons. The van der Waals surface area contributed by atoms with Gasteiger partial charge in [-0.05, 0) is 42.7 Å². The molecule has 0 fully saturated rings.